The van der Waals surface area contributed by atoms with E-state index in [1.165, 1.54) is 0 Å². The highest BCUT2D eigenvalue weighted by atomic mass is 35.5. The van der Waals surface area contributed by atoms with E-state index in [1.54, 1.807) is 12.7 Å². The summed E-state index contributed by atoms with van der Waals surface area (Å²) in [5.74, 6) is 0.489. The van der Waals surface area contributed by atoms with Gasteiger partial charge in [0, 0.05) is 10.0 Å². The lowest BCUT2D eigenvalue weighted by molar-refractivity contribution is 0.246. The van der Waals surface area contributed by atoms with Crippen molar-refractivity contribution in [3.8, 4) is 0 Å². The van der Waals surface area contributed by atoms with Crippen molar-refractivity contribution in [1.29, 1.82) is 0 Å². The van der Waals surface area contributed by atoms with E-state index < -0.39 is 9.74 Å². The topological polar surface area (TPSA) is 61.4 Å². The number of halogens is 2. The number of hydrogen-bond acceptors (Lipinski definition) is 5. The number of thioether (sulfide) groups is 1. The molecule has 4 aromatic rings. The molecule has 4 rings (SSSR count). The maximum absolute atomic E-state index is 6.46. The fraction of sp³-hybridized carbons (Fsp3) is 0.500. The molecule has 0 spiro atoms. The number of aromatic nitrogens is 6. The van der Waals surface area contributed by atoms with Crippen LogP contribution >= 0.6 is 35.0 Å². The minimum atomic E-state index is -0.615. The first kappa shape index (κ1) is 31.6. The van der Waals surface area contributed by atoms with Crippen LogP contribution in [0.1, 0.15) is 90.2 Å². The molecule has 0 saturated heterocycles. The number of unbranched alkanes of at least 4 members (excludes halogenated alkanes) is 2. The SMILES string of the molecule is CCCCC(CC)C(SC(c1ccc(Cl)cc1)(C(CC)CCCC)n1cncn1)(c1ccc(Cl)cc1)n1cncn1. The third-order valence-electron chi connectivity index (χ3n) is 8.25. The summed E-state index contributed by atoms with van der Waals surface area (Å²) in [5, 5.41) is 11.2. The van der Waals surface area contributed by atoms with Gasteiger partial charge in [0.25, 0.3) is 0 Å². The molecule has 4 atom stereocenters. The molecule has 0 aliphatic rings. The first-order valence-electron chi connectivity index (χ1n) is 14.9. The molecule has 2 aromatic heterocycles. The number of nitrogens with zero attached hydrogens (tertiary/aromatic N) is 6. The average Bonchev–Trinajstić information content (AvgIpc) is 3.73. The molecule has 0 fully saturated rings. The van der Waals surface area contributed by atoms with Crippen molar-refractivity contribution >= 4 is 35.0 Å². The molecule has 220 valence electrons. The van der Waals surface area contributed by atoms with Gasteiger partial charge in [0.2, 0.25) is 0 Å². The summed E-state index contributed by atoms with van der Waals surface area (Å²) < 4.78 is 4.16. The largest absolute Gasteiger partial charge is 0.232 e. The lowest BCUT2D eigenvalue weighted by Crippen LogP contribution is -2.49. The first-order valence-corrected chi connectivity index (χ1v) is 16.5. The predicted octanol–water partition coefficient (Wildman–Crippen LogP) is 9.44. The van der Waals surface area contributed by atoms with Gasteiger partial charge in [0.1, 0.15) is 35.1 Å². The summed E-state index contributed by atoms with van der Waals surface area (Å²) >= 11 is 14.8. The van der Waals surface area contributed by atoms with Crippen LogP contribution in [0.2, 0.25) is 10.0 Å². The van der Waals surface area contributed by atoms with Crippen LogP contribution in [-0.4, -0.2) is 29.5 Å². The van der Waals surface area contributed by atoms with Crippen LogP contribution in [-0.2, 0) is 9.74 Å². The van der Waals surface area contributed by atoms with Gasteiger partial charge in [-0.15, -0.1) is 0 Å². The fourth-order valence-electron chi connectivity index (χ4n) is 6.12. The highest BCUT2D eigenvalue weighted by Crippen LogP contribution is 2.59. The summed E-state index contributed by atoms with van der Waals surface area (Å²) in [6, 6.07) is 16.6. The third-order valence-corrected chi connectivity index (χ3v) is 10.9. The zero-order valence-corrected chi connectivity index (χ0v) is 26.9. The quantitative estimate of drug-likeness (QED) is 0.126. The van der Waals surface area contributed by atoms with Gasteiger partial charge in [-0.1, -0.05) is 113 Å². The van der Waals surface area contributed by atoms with E-state index in [4.69, 9.17) is 33.4 Å². The highest BCUT2D eigenvalue weighted by Gasteiger charge is 2.54. The van der Waals surface area contributed by atoms with Gasteiger partial charge >= 0.3 is 0 Å². The van der Waals surface area contributed by atoms with E-state index in [-0.39, 0.29) is 11.8 Å². The Kier molecular flexibility index (Phi) is 11.3. The van der Waals surface area contributed by atoms with Crippen molar-refractivity contribution < 1.29 is 0 Å². The van der Waals surface area contributed by atoms with Crippen molar-refractivity contribution in [3.05, 3.63) is 95.0 Å². The van der Waals surface area contributed by atoms with Gasteiger partial charge in [-0.3, -0.25) is 0 Å². The average molecular weight is 614 g/mol. The smallest absolute Gasteiger partial charge is 0.140 e. The van der Waals surface area contributed by atoms with Gasteiger partial charge in [-0.05, 0) is 72.9 Å². The monoisotopic (exact) mass is 612 g/mol. The van der Waals surface area contributed by atoms with Gasteiger partial charge in [-0.2, -0.15) is 10.2 Å². The lowest BCUT2D eigenvalue weighted by Gasteiger charge is -2.50. The maximum atomic E-state index is 6.46. The van der Waals surface area contributed by atoms with E-state index in [0.29, 0.717) is 10.0 Å². The van der Waals surface area contributed by atoms with Crippen molar-refractivity contribution in [3.63, 3.8) is 0 Å². The second kappa shape index (κ2) is 14.7. The Morgan fingerprint density at radius 2 is 1.05 bits per heavy atom. The van der Waals surface area contributed by atoms with Crippen LogP contribution in [0.3, 0.4) is 0 Å². The zero-order valence-electron chi connectivity index (χ0n) is 24.6. The van der Waals surface area contributed by atoms with Crippen molar-refractivity contribution in [1.82, 2.24) is 29.5 Å². The van der Waals surface area contributed by atoms with Crippen molar-refractivity contribution in [2.24, 2.45) is 11.8 Å². The highest BCUT2D eigenvalue weighted by molar-refractivity contribution is 8.01. The molecule has 0 aliphatic heterocycles. The Balaban J connectivity index is 2.10. The zero-order chi connectivity index (χ0) is 29.3. The Bertz CT molecular complexity index is 1200. The second-order valence-corrected chi connectivity index (χ2v) is 13.0. The molecular weight excluding hydrogens is 571 g/mol. The molecule has 9 heteroatoms. The molecule has 4 unspecified atom stereocenters. The summed E-state index contributed by atoms with van der Waals surface area (Å²) in [6.07, 6.45) is 15.5. The Hall–Kier alpha value is -2.35. The maximum Gasteiger partial charge on any atom is 0.140 e. The molecule has 0 aliphatic carbocycles. The Morgan fingerprint density at radius 3 is 1.34 bits per heavy atom. The minimum absolute atomic E-state index is 0.245. The molecular formula is C32H42Cl2N6S. The van der Waals surface area contributed by atoms with Crippen LogP contribution < -0.4 is 0 Å². The Labute approximate surface area is 259 Å². The van der Waals surface area contributed by atoms with Gasteiger partial charge in [0.15, 0.2) is 0 Å². The van der Waals surface area contributed by atoms with E-state index >= 15 is 0 Å². The van der Waals surface area contributed by atoms with Crippen molar-refractivity contribution in [2.75, 3.05) is 0 Å². The molecule has 2 aromatic carbocycles. The molecule has 0 radical (unpaired) electrons. The Morgan fingerprint density at radius 1 is 0.659 bits per heavy atom. The molecule has 0 N–H and O–H groups in total. The summed E-state index contributed by atoms with van der Waals surface area (Å²) in [7, 11) is 0. The number of benzene rings is 2. The standard InChI is InChI=1S/C32H42Cl2N6S/c1-5-9-11-25(7-3)31(39-23-35-21-37-39,27-13-17-29(33)18-14-27)41-32(40-24-36-22-38-40,26(8-4)12-10-6-2)28-15-19-30(34)20-16-28/h13-26H,5-12H2,1-4H3. The first-order chi connectivity index (χ1) is 20.0. The van der Waals surface area contributed by atoms with Crippen molar-refractivity contribution in [2.45, 2.75) is 88.8 Å². The van der Waals surface area contributed by atoms with Gasteiger partial charge < -0.3 is 0 Å². The fourth-order valence-corrected chi connectivity index (χ4v) is 8.63. The summed E-state index contributed by atoms with van der Waals surface area (Å²) in [4.78, 5) is 7.73. The molecule has 0 bridgehead atoms. The second-order valence-electron chi connectivity index (χ2n) is 10.7. The van der Waals surface area contributed by atoms with Crippen LogP contribution in [0.5, 0.6) is 0 Å². The van der Waals surface area contributed by atoms with Gasteiger partial charge in [0.05, 0.1) is 0 Å². The molecule has 41 heavy (non-hydrogen) atoms. The lowest BCUT2D eigenvalue weighted by atomic mass is 9.85. The van der Waals surface area contributed by atoms with Crippen LogP contribution in [0.4, 0.5) is 0 Å². The van der Waals surface area contributed by atoms with E-state index in [9.17, 15) is 0 Å². The summed E-state index contributed by atoms with van der Waals surface area (Å²) in [6.45, 7) is 9.09. The van der Waals surface area contributed by atoms with E-state index in [0.717, 1.165) is 62.5 Å². The van der Waals surface area contributed by atoms with Crippen LogP contribution in [0.15, 0.2) is 73.8 Å². The van der Waals surface area contributed by atoms with Gasteiger partial charge in [-0.25, -0.2) is 19.3 Å². The number of hydrogen-bond donors (Lipinski definition) is 0. The predicted molar refractivity (Wildman–Crippen MR) is 171 cm³/mol. The van der Waals surface area contributed by atoms with E-state index in [1.807, 2.05) is 48.7 Å². The van der Waals surface area contributed by atoms with Crippen LogP contribution in [0, 0.1) is 11.8 Å². The molecule has 6 nitrogen and oxygen atoms in total. The van der Waals surface area contributed by atoms with E-state index in [2.05, 4.69) is 71.3 Å². The molecule has 0 saturated carbocycles. The minimum Gasteiger partial charge on any atom is -0.232 e. The third kappa shape index (κ3) is 6.52. The molecule has 0 amide bonds. The van der Waals surface area contributed by atoms with Crippen LogP contribution in [0.25, 0.3) is 0 Å². The summed E-state index contributed by atoms with van der Waals surface area (Å²) in [5.41, 5.74) is 2.29. The normalized spacial score (nSPS) is 16.1. The number of rotatable bonds is 16. The molecule has 2 heterocycles.